The fourth-order valence-corrected chi connectivity index (χ4v) is 2.31. The number of nitrogens with one attached hydrogen (secondary N) is 2. The number of hydrogen-bond acceptors (Lipinski definition) is 5. The van der Waals surface area contributed by atoms with Crippen molar-refractivity contribution in [1.82, 2.24) is 14.4 Å². The van der Waals surface area contributed by atoms with E-state index in [0.717, 1.165) is 17.4 Å². The molecule has 2 aromatic rings. The third kappa shape index (κ3) is 1.80. The van der Waals surface area contributed by atoms with Crippen LogP contribution in [0.5, 0.6) is 0 Å². The first kappa shape index (κ1) is 10.3. The lowest BCUT2D eigenvalue weighted by atomic mass is 9.82. The molecule has 0 unspecified atom stereocenters. The van der Waals surface area contributed by atoms with Gasteiger partial charge in [0.1, 0.15) is 0 Å². The van der Waals surface area contributed by atoms with Crippen molar-refractivity contribution in [2.45, 2.75) is 25.8 Å². The quantitative estimate of drug-likeness (QED) is 0.548. The highest BCUT2D eigenvalue weighted by atomic mass is 15.3. The molecule has 1 aliphatic carbocycles. The maximum atomic E-state index is 5.40. The molecule has 2 aromatic heterocycles. The SMILES string of the molecule is CC1CC(Nc2nc(NN)cn3ccnc23)C1. The van der Waals surface area contributed by atoms with Crippen molar-refractivity contribution < 1.29 is 0 Å². The summed E-state index contributed by atoms with van der Waals surface area (Å²) in [5, 5.41) is 3.42. The maximum absolute atomic E-state index is 5.40. The number of nitrogens with zero attached hydrogens (tertiary/aromatic N) is 3. The molecular weight excluding hydrogens is 216 g/mol. The van der Waals surface area contributed by atoms with Gasteiger partial charge in [-0.3, -0.25) is 0 Å². The smallest absolute Gasteiger partial charge is 0.180 e. The van der Waals surface area contributed by atoms with E-state index in [1.165, 1.54) is 12.8 Å². The van der Waals surface area contributed by atoms with E-state index in [4.69, 9.17) is 5.84 Å². The van der Waals surface area contributed by atoms with Gasteiger partial charge in [-0.2, -0.15) is 0 Å². The van der Waals surface area contributed by atoms with Gasteiger partial charge in [-0.25, -0.2) is 15.8 Å². The van der Waals surface area contributed by atoms with Gasteiger partial charge in [0.25, 0.3) is 0 Å². The Labute approximate surface area is 99.2 Å². The van der Waals surface area contributed by atoms with Crippen LogP contribution in [0.15, 0.2) is 18.6 Å². The number of hydrogen-bond donors (Lipinski definition) is 3. The highest BCUT2D eigenvalue weighted by Gasteiger charge is 2.26. The molecule has 1 saturated carbocycles. The van der Waals surface area contributed by atoms with E-state index < -0.39 is 0 Å². The highest BCUT2D eigenvalue weighted by Crippen LogP contribution is 2.30. The minimum atomic E-state index is 0.506. The van der Waals surface area contributed by atoms with Crippen LogP contribution in [0, 0.1) is 5.92 Å². The zero-order chi connectivity index (χ0) is 11.8. The molecule has 4 N–H and O–H groups in total. The van der Waals surface area contributed by atoms with Crippen LogP contribution >= 0.6 is 0 Å². The lowest BCUT2D eigenvalue weighted by Gasteiger charge is -2.33. The number of imidazole rings is 1. The van der Waals surface area contributed by atoms with E-state index in [-0.39, 0.29) is 0 Å². The molecular formula is C11H16N6. The summed E-state index contributed by atoms with van der Waals surface area (Å²) in [4.78, 5) is 8.70. The molecule has 0 aliphatic heterocycles. The van der Waals surface area contributed by atoms with Gasteiger partial charge in [-0.05, 0) is 18.8 Å². The predicted octanol–water partition coefficient (Wildman–Crippen LogP) is 1.23. The molecule has 0 amide bonds. The Morgan fingerprint density at radius 3 is 3.00 bits per heavy atom. The zero-order valence-corrected chi connectivity index (χ0v) is 9.72. The van der Waals surface area contributed by atoms with E-state index in [1.54, 1.807) is 6.20 Å². The molecule has 0 atom stereocenters. The summed E-state index contributed by atoms with van der Waals surface area (Å²) in [6, 6.07) is 0.506. The summed E-state index contributed by atoms with van der Waals surface area (Å²) in [5.41, 5.74) is 3.40. The van der Waals surface area contributed by atoms with Gasteiger partial charge in [0.15, 0.2) is 17.3 Å². The molecule has 0 aromatic carbocycles. The van der Waals surface area contributed by atoms with Crippen molar-refractivity contribution in [2.75, 3.05) is 10.7 Å². The molecule has 0 spiro atoms. The predicted molar refractivity (Wildman–Crippen MR) is 66.6 cm³/mol. The first-order valence-electron chi connectivity index (χ1n) is 5.83. The van der Waals surface area contributed by atoms with Gasteiger partial charge in [-0.15, -0.1) is 0 Å². The first-order valence-corrected chi connectivity index (χ1v) is 5.83. The fourth-order valence-electron chi connectivity index (χ4n) is 2.31. The Morgan fingerprint density at radius 1 is 1.47 bits per heavy atom. The number of nitrogen functional groups attached to an aromatic ring is 1. The molecule has 3 rings (SSSR count). The van der Waals surface area contributed by atoms with Gasteiger partial charge < -0.3 is 15.1 Å². The van der Waals surface area contributed by atoms with Crippen molar-refractivity contribution in [3.05, 3.63) is 18.6 Å². The molecule has 1 fully saturated rings. The Hall–Kier alpha value is -1.82. The average molecular weight is 232 g/mol. The molecule has 0 bridgehead atoms. The second-order valence-corrected chi connectivity index (χ2v) is 4.70. The number of hydrazine groups is 1. The normalized spacial score (nSPS) is 23.4. The number of rotatable bonds is 3. The lowest BCUT2D eigenvalue weighted by molar-refractivity contribution is 0.308. The molecule has 1 aliphatic rings. The van der Waals surface area contributed by atoms with Crippen molar-refractivity contribution in [1.29, 1.82) is 0 Å². The van der Waals surface area contributed by atoms with Crippen LogP contribution in [-0.2, 0) is 0 Å². The fraction of sp³-hybridized carbons (Fsp3) is 0.455. The molecule has 6 nitrogen and oxygen atoms in total. The van der Waals surface area contributed by atoms with Crippen molar-refractivity contribution in [3.63, 3.8) is 0 Å². The largest absolute Gasteiger partial charge is 0.364 e. The van der Waals surface area contributed by atoms with Crippen LogP contribution in [0.3, 0.4) is 0 Å². The maximum Gasteiger partial charge on any atom is 0.180 e. The second kappa shape index (κ2) is 3.89. The molecule has 2 heterocycles. The minimum Gasteiger partial charge on any atom is -0.364 e. The van der Waals surface area contributed by atoms with E-state index >= 15 is 0 Å². The summed E-state index contributed by atoms with van der Waals surface area (Å²) in [6.07, 6.45) is 7.83. The van der Waals surface area contributed by atoms with E-state index in [2.05, 4.69) is 27.6 Å². The van der Waals surface area contributed by atoms with E-state index in [9.17, 15) is 0 Å². The Bertz CT molecular complexity index is 528. The summed E-state index contributed by atoms with van der Waals surface area (Å²) in [6.45, 7) is 2.26. The third-order valence-corrected chi connectivity index (χ3v) is 3.24. The van der Waals surface area contributed by atoms with Crippen molar-refractivity contribution in [3.8, 4) is 0 Å². The van der Waals surface area contributed by atoms with Crippen molar-refractivity contribution >= 4 is 17.3 Å². The van der Waals surface area contributed by atoms with E-state index in [1.807, 2.05) is 16.8 Å². The van der Waals surface area contributed by atoms with Gasteiger partial charge >= 0.3 is 0 Å². The minimum absolute atomic E-state index is 0.506. The summed E-state index contributed by atoms with van der Waals surface area (Å²) in [5.74, 6) is 7.63. The number of aromatic nitrogens is 3. The lowest BCUT2D eigenvalue weighted by Crippen LogP contribution is -2.34. The number of anilines is 2. The van der Waals surface area contributed by atoms with Crippen LogP contribution < -0.4 is 16.6 Å². The standard InChI is InChI=1S/C11H16N6/c1-7-4-8(5-7)14-10-11-13-2-3-17(11)6-9(15-10)16-12/h2-3,6-8,16H,4-5,12H2,1H3,(H,14,15). The molecule has 17 heavy (non-hydrogen) atoms. The first-order chi connectivity index (χ1) is 8.26. The summed E-state index contributed by atoms with van der Waals surface area (Å²) < 4.78 is 1.91. The van der Waals surface area contributed by atoms with Gasteiger partial charge in [-0.1, -0.05) is 6.92 Å². The van der Waals surface area contributed by atoms with Crippen LogP contribution in [0.25, 0.3) is 5.65 Å². The van der Waals surface area contributed by atoms with Crippen molar-refractivity contribution in [2.24, 2.45) is 11.8 Å². The summed E-state index contributed by atoms with van der Waals surface area (Å²) >= 11 is 0. The zero-order valence-electron chi connectivity index (χ0n) is 9.72. The van der Waals surface area contributed by atoms with Crippen LogP contribution in [0.1, 0.15) is 19.8 Å². The third-order valence-electron chi connectivity index (χ3n) is 3.24. The molecule has 0 saturated heterocycles. The van der Waals surface area contributed by atoms with Crippen LogP contribution in [0.4, 0.5) is 11.6 Å². The van der Waals surface area contributed by atoms with Crippen LogP contribution in [0.2, 0.25) is 0 Å². The molecule has 0 radical (unpaired) electrons. The average Bonchev–Trinajstić information content (AvgIpc) is 2.74. The Kier molecular flexibility index (Phi) is 2.36. The van der Waals surface area contributed by atoms with Gasteiger partial charge in [0.2, 0.25) is 0 Å². The topological polar surface area (TPSA) is 80.3 Å². The second-order valence-electron chi connectivity index (χ2n) is 4.70. The molecule has 6 heteroatoms. The van der Waals surface area contributed by atoms with Gasteiger partial charge in [0.05, 0.1) is 6.20 Å². The monoisotopic (exact) mass is 232 g/mol. The van der Waals surface area contributed by atoms with E-state index in [0.29, 0.717) is 11.9 Å². The highest BCUT2D eigenvalue weighted by molar-refractivity contribution is 5.65. The molecule has 90 valence electrons. The Balaban J connectivity index is 1.93. The number of fused-ring (bicyclic) bond motifs is 1. The number of nitrogens with two attached hydrogens (primary N) is 1. The van der Waals surface area contributed by atoms with Crippen LogP contribution in [-0.4, -0.2) is 20.4 Å². The Morgan fingerprint density at radius 2 is 2.29 bits per heavy atom. The summed E-state index contributed by atoms with van der Waals surface area (Å²) in [7, 11) is 0. The van der Waals surface area contributed by atoms with Gasteiger partial charge in [0, 0.05) is 18.4 Å².